The number of hydrogen-bond donors (Lipinski definition) is 1. The zero-order valence-corrected chi connectivity index (χ0v) is 19.8. The van der Waals surface area contributed by atoms with Crippen molar-refractivity contribution in [3.8, 4) is 0 Å². The number of hydrogen-bond acceptors (Lipinski definition) is 4. The first-order valence-corrected chi connectivity index (χ1v) is 13.5. The van der Waals surface area contributed by atoms with Crippen LogP contribution < -0.4 is 5.32 Å². The molecule has 3 rings (SSSR count). The summed E-state index contributed by atoms with van der Waals surface area (Å²) in [6.07, 6.45) is 2.56. The molecule has 1 aliphatic rings. The molecular weight excluding hydrogens is 428 g/mol. The standard InChI is InChI=1S/C24H32N2O3S2/c1-20-9-11-23(12-10-20)30-18-15-25-24(27)22-13-16-26(17-14-22)31(28,29)19-5-8-21-6-3-2-4-7-21/h2-4,6-7,9-12,22H,5,8,13-19H2,1H3,(H,25,27). The van der Waals surface area contributed by atoms with Gasteiger partial charge in [-0.1, -0.05) is 48.0 Å². The van der Waals surface area contributed by atoms with Crippen molar-refractivity contribution >= 4 is 27.7 Å². The molecule has 0 aliphatic carbocycles. The Morgan fingerprint density at radius 1 is 1.06 bits per heavy atom. The zero-order chi connectivity index (χ0) is 22.1. The first-order valence-electron chi connectivity index (χ1n) is 10.9. The van der Waals surface area contributed by atoms with E-state index in [-0.39, 0.29) is 17.6 Å². The number of aryl methyl sites for hydroxylation is 2. The molecule has 1 N–H and O–H groups in total. The first-order chi connectivity index (χ1) is 14.9. The number of benzene rings is 2. The number of nitrogens with one attached hydrogen (secondary N) is 1. The van der Waals surface area contributed by atoms with Crippen LogP contribution in [0.4, 0.5) is 0 Å². The van der Waals surface area contributed by atoms with Gasteiger partial charge in [0.2, 0.25) is 15.9 Å². The zero-order valence-electron chi connectivity index (χ0n) is 18.1. The van der Waals surface area contributed by atoms with E-state index in [9.17, 15) is 13.2 Å². The third kappa shape index (κ3) is 7.66. The molecule has 0 spiro atoms. The van der Waals surface area contributed by atoms with Crippen molar-refractivity contribution in [3.05, 3.63) is 65.7 Å². The van der Waals surface area contributed by atoms with E-state index in [1.54, 1.807) is 16.1 Å². The number of piperidine rings is 1. The summed E-state index contributed by atoms with van der Waals surface area (Å²) in [5.41, 5.74) is 2.40. The second-order valence-electron chi connectivity index (χ2n) is 8.03. The third-order valence-corrected chi connectivity index (χ3v) is 8.59. The summed E-state index contributed by atoms with van der Waals surface area (Å²) in [5.74, 6) is 0.934. The van der Waals surface area contributed by atoms with E-state index in [4.69, 9.17) is 0 Å². The van der Waals surface area contributed by atoms with Gasteiger partial charge in [-0.15, -0.1) is 11.8 Å². The molecule has 1 fully saturated rings. The number of carbonyl (C=O) groups excluding carboxylic acids is 1. The van der Waals surface area contributed by atoms with Crippen LogP contribution >= 0.6 is 11.8 Å². The Morgan fingerprint density at radius 2 is 1.74 bits per heavy atom. The summed E-state index contributed by atoms with van der Waals surface area (Å²) in [4.78, 5) is 13.7. The number of sulfonamides is 1. The SMILES string of the molecule is Cc1ccc(SCCNC(=O)C2CCN(S(=O)(=O)CCCc3ccccc3)CC2)cc1. The van der Waals surface area contributed by atoms with E-state index in [0.29, 0.717) is 38.9 Å². The van der Waals surface area contributed by atoms with Crippen LogP contribution in [0.5, 0.6) is 0 Å². The molecule has 1 amide bonds. The van der Waals surface area contributed by atoms with Gasteiger partial charge in [0.25, 0.3) is 0 Å². The van der Waals surface area contributed by atoms with Crippen molar-refractivity contribution in [1.29, 1.82) is 0 Å². The summed E-state index contributed by atoms with van der Waals surface area (Å²) in [6.45, 7) is 3.55. The largest absolute Gasteiger partial charge is 0.355 e. The highest BCUT2D eigenvalue weighted by atomic mass is 32.2. The van der Waals surface area contributed by atoms with Gasteiger partial charge in [0, 0.05) is 36.2 Å². The Labute approximate surface area is 190 Å². The van der Waals surface area contributed by atoms with Crippen LogP contribution in [0.1, 0.15) is 30.4 Å². The van der Waals surface area contributed by atoms with Crippen LogP contribution in [-0.4, -0.2) is 49.8 Å². The van der Waals surface area contributed by atoms with Gasteiger partial charge in [-0.25, -0.2) is 12.7 Å². The number of amides is 1. The minimum atomic E-state index is -3.26. The van der Waals surface area contributed by atoms with Crippen LogP contribution in [0.15, 0.2) is 59.5 Å². The van der Waals surface area contributed by atoms with Crippen molar-refractivity contribution in [1.82, 2.24) is 9.62 Å². The fourth-order valence-corrected chi connectivity index (χ4v) is 6.05. The lowest BCUT2D eigenvalue weighted by Gasteiger charge is -2.30. The molecule has 0 unspecified atom stereocenters. The number of carbonyl (C=O) groups is 1. The average molecular weight is 461 g/mol. The third-order valence-electron chi connectivity index (χ3n) is 5.62. The van der Waals surface area contributed by atoms with Crippen LogP contribution in [-0.2, 0) is 21.2 Å². The highest BCUT2D eigenvalue weighted by Gasteiger charge is 2.30. The summed E-state index contributed by atoms with van der Waals surface area (Å²) < 4.78 is 26.8. The topological polar surface area (TPSA) is 66.5 Å². The minimum absolute atomic E-state index is 0.0469. The molecule has 0 saturated carbocycles. The van der Waals surface area contributed by atoms with Crippen molar-refractivity contribution < 1.29 is 13.2 Å². The molecule has 1 heterocycles. The van der Waals surface area contributed by atoms with Gasteiger partial charge < -0.3 is 5.32 Å². The Kier molecular flexibility index (Phi) is 8.99. The van der Waals surface area contributed by atoms with E-state index < -0.39 is 10.0 Å². The second kappa shape index (κ2) is 11.7. The predicted molar refractivity (Wildman–Crippen MR) is 128 cm³/mol. The van der Waals surface area contributed by atoms with Crippen LogP contribution in [0.3, 0.4) is 0 Å². The van der Waals surface area contributed by atoms with Crippen molar-refractivity contribution in [2.75, 3.05) is 31.1 Å². The molecule has 5 nitrogen and oxygen atoms in total. The summed E-state index contributed by atoms with van der Waals surface area (Å²) in [5, 5.41) is 3.01. The predicted octanol–water partition coefficient (Wildman–Crippen LogP) is 3.88. The number of thioether (sulfide) groups is 1. The van der Waals surface area contributed by atoms with E-state index in [0.717, 1.165) is 17.7 Å². The first kappa shape index (κ1) is 23.8. The maximum atomic E-state index is 12.6. The fraction of sp³-hybridized carbons (Fsp3) is 0.458. The van der Waals surface area contributed by atoms with Crippen molar-refractivity contribution in [2.45, 2.75) is 37.5 Å². The van der Waals surface area contributed by atoms with Crippen molar-refractivity contribution in [2.24, 2.45) is 5.92 Å². The maximum absolute atomic E-state index is 12.6. The van der Waals surface area contributed by atoms with Crippen LogP contribution in [0.2, 0.25) is 0 Å². The minimum Gasteiger partial charge on any atom is -0.355 e. The van der Waals surface area contributed by atoms with Crippen LogP contribution in [0, 0.1) is 12.8 Å². The van der Waals surface area contributed by atoms with Gasteiger partial charge in [-0.05, 0) is 50.3 Å². The van der Waals surface area contributed by atoms with E-state index in [1.165, 1.54) is 10.5 Å². The Hall–Kier alpha value is -1.83. The highest BCUT2D eigenvalue weighted by Crippen LogP contribution is 2.21. The molecule has 1 saturated heterocycles. The molecule has 2 aromatic rings. The summed E-state index contributed by atoms with van der Waals surface area (Å²) in [7, 11) is -3.26. The van der Waals surface area contributed by atoms with E-state index >= 15 is 0 Å². The molecular formula is C24H32N2O3S2. The van der Waals surface area contributed by atoms with Crippen molar-refractivity contribution in [3.63, 3.8) is 0 Å². The molecule has 0 radical (unpaired) electrons. The normalized spacial score (nSPS) is 15.6. The van der Waals surface area contributed by atoms with Gasteiger partial charge in [0.15, 0.2) is 0 Å². The molecule has 2 aromatic carbocycles. The molecule has 31 heavy (non-hydrogen) atoms. The lowest BCUT2D eigenvalue weighted by molar-refractivity contribution is -0.125. The highest BCUT2D eigenvalue weighted by molar-refractivity contribution is 7.99. The smallest absolute Gasteiger partial charge is 0.223 e. The monoisotopic (exact) mass is 460 g/mol. The Bertz CT molecular complexity index is 923. The Morgan fingerprint density at radius 3 is 2.42 bits per heavy atom. The summed E-state index contributed by atoms with van der Waals surface area (Å²) in [6, 6.07) is 18.3. The maximum Gasteiger partial charge on any atom is 0.223 e. The molecule has 1 aliphatic heterocycles. The Balaban J connectivity index is 1.34. The number of nitrogens with zero attached hydrogens (tertiary/aromatic N) is 1. The quantitative estimate of drug-likeness (QED) is 0.432. The molecule has 7 heteroatoms. The van der Waals surface area contributed by atoms with Gasteiger partial charge in [0.05, 0.1) is 5.75 Å². The van der Waals surface area contributed by atoms with E-state index in [2.05, 4.69) is 36.5 Å². The van der Waals surface area contributed by atoms with Gasteiger partial charge in [0.1, 0.15) is 0 Å². The fourth-order valence-electron chi connectivity index (χ4n) is 3.75. The van der Waals surface area contributed by atoms with Gasteiger partial charge >= 0.3 is 0 Å². The lowest BCUT2D eigenvalue weighted by Crippen LogP contribution is -2.44. The average Bonchev–Trinajstić information content (AvgIpc) is 2.78. The van der Waals surface area contributed by atoms with Gasteiger partial charge in [-0.3, -0.25) is 4.79 Å². The molecule has 0 bridgehead atoms. The molecule has 0 atom stereocenters. The lowest BCUT2D eigenvalue weighted by atomic mass is 9.97. The van der Waals surface area contributed by atoms with Crippen LogP contribution in [0.25, 0.3) is 0 Å². The number of rotatable bonds is 10. The van der Waals surface area contributed by atoms with Gasteiger partial charge in [-0.2, -0.15) is 0 Å². The molecule has 0 aromatic heterocycles. The van der Waals surface area contributed by atoms with E-state index in [1.807, 2.05) is 30.3 Å². The molecule has 168 valence electrons. The summed E-state index contributed by atoms with van der Waals surface area (Å²) >= 11 is 1.73. The second-order valence-corrected chi connectivity index (χ2v) is 11.3.